The first kappa shape index (κ1) is 28.2. The molecule has 13 nitrogen and oxygen atoms in total. The first-order valence-corrected chi connectivity index (χ1v) is 12.9. The number of benzene rings is 1. The molecule has 1 aromatic carbocycles. The maximum Gasteiger partial charge on any atom is 0.319 e. The number of rotatable bonds is 8. The Morgan fingerprint density at radius 2 is 1.85 bits per heavy atom. The number of nitrogens with two attached hydrogens (primary N) is 1. The van der Waals surface area contributed by atoms with Gasteiger partial charge in [-0.3, -0.25) is 9.36 Å². The van der Waals surface area contributed by atoms with Crippen molar-refractivity contribution in [2.75, 3.05) is 30.7 Å². The predicted molar refractivity (Wildman–Crippen MR) is 145 cm³/mol. The van der Waals surface area contributed by atoms with Crippen molar-refractivity contribution in [1.82, 2.24) is 29.7 Å². The van der Waals surface area contributed by atoms with Crippen LogP contribution in [-0.2, 0) is 14.9 Å². The fourth-order valence-corrected chi connectivity index (χ4v) is 4.46. The molecule has 210 valence electrons. The SMILES string of the molecule is CCN(C[C@H]1O[C@@H](n2cnc3c(N)ncnc32)[C@H](O)[C@H]1O)C(=O)CCNC(=O)Nc1ccc(C(C)(C)C)cc1. The number of aromatic nitrogens is 4. The van der Waals surface area contributed by atoms with Crippen LogP contribution in [0.15, 0.2) is 36.9 Å². The quantitative estimate of drug-likeness (QED) is 0.282. The molecular weight excluding hydrogens is 504 g/mol. The summed E-state index contributed by atoms with van der Waals surface area (Å²) in [6, 6.07) is 7.21. The van der Waals surface area contributed by atoms with Crippen molar-refractivity contribution < 1.29 is 24.5 Å². The van der Waals surface area contributed by atoms with Crippen molar-refractivity contribution in [3.8, 4) is 0 Å². The van der Waals surface area contributed by atoms with E-state index in [1.165, 1.54) is 22.1 Å². The summed E-state index contributed by atoms with van der Waals surface area (Å²) in [4.78, 5) is 38.9. The third-order valence-electron chi connectivity index (χ3n) is 6.77. The van der Waals surface area contributed by atoms with Crippen LogP contribution in [0, 0.1) is 0 Å². The molecule has 1 aliphatic rings. The summed E-state index contributed by atoms with van der Waals surface area (Å²) in [7, 11) is 0. The van der Waals surface area contributed by atoms with Crippen LogP contribution < -0.4 is 16.4 Å². The molecule has 0 saturated carbocycles. The second kappa shape index (κ2) is 11.5. The van der Waals surface area contributed by atoms with Gasteiger partial charge in [0.25, 0.3) is 0 Å². The van der Waals surface area contributed by atoms with E-state index in [4.69, 9.17) is 10.5 Å². The molecule has 2 aromatic heterocycles. The molecule has 4 atom stereocenters. The summed E-state index contributed by atoms with van der Waals surface area (Å²) in [6.07, 6.45) is -1.60. The van der Waals surface area contributed by atoms with E-state index in [0.29, 0.717) is 23.4 Å². The van der Waals surface area contributed by atoms with E-state index in [2.05, 4.69) is 46.4 Å². The zero-order valence-corrected chi connectivity index (χ0v) is 22.5. The van der Waals surface area contributed by atoms with E-state index >= 15 is 0 Å². The lowest BCUT2D eigenvalue weighted by Gasteiger charge is -2.25. The third kappa shape index (κ3) is 6.27. The van der Waals surface area contributed by atoms with Crippen molar-refractivity contribution in [3.63, 3.8) is 0 Å². The number of fused-ring (bicyclic) bond motifs is 1. The molecule has 39 heavy (non-hydrogen) atoms. The lowest BCUT2D eigenvalue weighted by atomic mass is 9.87. The topological polar surface area (TPSA) is 181 Å². The van der Waals surface area contributed by atoms with Gasteiger partial charge in [0.1, 0.15) is 30.2 Å². The van der Waals surface area contributed by atoms with Gasteiger partial charge in [-0.1, -0.05) is 32.9 Å². The molecule has 3 aromatic rings. The van der Waals surface area contributed by atoms with Gasteiger partial charge in [-0.25, -0.2) is 19.7 Å². The number of anilines is 2. The summed E-state index contributed by atoms with van der Waals surface area (Å²) in [6.45, 7) is 8.70. The molecule has 0 radical (unpaired) electrons. The van der Waals surface area contributed by atoms with Crippen molar-refractivity contribution in [1.29, 1.82) is 0 Å². The highest BCUT2D eigenvalue weighted by Crippen LogP contribution is 2.32. The number of likely N-dealkylation sites (N-methyl/N-ethyl adjacent to an activating group) is 1. The Morgan fingerprint density at radius 3 is 2.51 bits per heavy atom. The number of nitrogens with zero attached hydrogens (tertiary/aromatic N) is 5. The van der Waals surface area contributed by atoms with Crippen LogP contribution in [0.3, 0.4) is 0 Å². The molecule has 1 fully saturated rings. The summed E-state index contributed by atoms with van der Waals surface area (Å²) < 4.78 is 7.43. The fraction of sp³-hybridized carbons (Fsp3) is 0.500. The van der Waals surface area contributed by atoms with Crippen LogP contribution in [0.4, 0.5) is 16.3 Å². The van der Waals surface area contributed by atoms with Crippen LogP contribution in [-0.4, -0.2) is 84.5 Å². The highest BCUT2D eigenvalue weighted by atomic mass is 16.6. The van der Waals surface area contributed by atoms with Crippen molar-refractivity contribution >= 4 is 34.6 Å². The molecule has 6 N–H and O–H groups in total. The number of carbonyl (C=O) groups excluding carboxylic acids is 2. The average molecular weight is 541 g/mol. The average Bonchev–Trinajstić information content (AvgIpc) is 3.44. The molecule has 13 heteroatoms. The van der Waals surface area contributed by atoms with E-state index in [-0.39, 0.29) is 36.7 Å². The van der Waals surface area contributed by atoms with Gasteiger partial charge in [-0.05, 0) is 30.0 Å². The smallest absolute Gasteiger partial charge is 0.319 e. The van der Waals surface area contributed by atoms with Gasteiger partial charge in [-0.2, -0.15) is 0 Å². The number of ether oxygens (including phenoxy) is 1. The normalized spacial score (nSPS) is 21.2. The predicted octanol–water partition coefficient (Wildman–Crippen LogP) is 1.39. The van der Waals surface area contributed by atoms with Gasteiger partial charge in [0.05, 0.1) is 6.33 Å². The summed E-state index contributed by atoms with van der Waals surface area (Å²) in [5, 5.41) is 26.8. The highest BCUT2D eigenvalue weighted by Gasteiger charge is 2.45. The minimum atomic E-state index is -1.28. The third-order valence-corrected chi connectivity index (χ3v) is 6.77. The second-order valence-corrected chi connectivity index (χ2v) is 10.5. The Balaban J connectivity index is 1.29. The summed E-state index contributed by atoms with van der Waals surface area (Å²) in [5.74, 6) is -0.0403. The molecule has 1 aliphatic heterocycles. The number of imidazole rings is 1. The van der Waals surface area contributed by atoms with E-state index < -0.39 is 30.6 Å². The maximum atomic E-state index is 12.9. The minimum Gasteiger partial charge on any atom is -0.387 e. The summed E-state index contributed by atoms with van der Waals surface area (Å²) >= 11 is 0. The fourth-order valence-electron chi connectivity index (χ4n) is 4.46. The Morgan fingerprint density at radius 1 is 1.13 bits per heavy atom. The molecule has 0 unspecified atom stereocenters. The zero-order valence-electron chi connectivity index (χ0n) is 22.5. The number of amides is 3. The lowest BCUT2D eigenvalue weighted by molar-refractivity contribution is -0.134. The number of aliphatic hydroxyl groups excluding tert-OH is 2. The number of hydrogen-bond acceptors (Lipinski definition) is 9. The molecular formula is C26H36N8O5. The molecule has 0 spiro atoms. The van der Waals surface area contributed by atoms with Crippen molar-refractivity contribution in [3.05, 3.63) is 42.5 Å². The van der Waals surface area contributed by atoms with E-state index in [9.17, 15) is 19.8 Å². The molecule has 3 amide bonds. The molecule has 0 bridgehead atoms. The number of hydrogen-bond donors (Lipinski definition) is 5. The van der Waals surface area contributed by atoms with E-state index in [1.54, 1.807) is 6.92 Å². The van der Waals surface area contributed by atoms with Gasteiger partial charge < -0.3 is 36.2 Å². The van der Waals surface area contributed by atoms with Crippen LogP contribution in [0.1, 0.15) is 45.9 Å². The van der Waals surface area contributed by atoms with Gasteiger partial charge in [0, 0.05) is 31.7 Å². The maximum absolute atomic E-state index is 12.9. The number of urea groups is 1. The molecule has 0 aliphatic carbocycles. The van der Waals surface area contributed by atoms with Crippen LogP contribution >= 0.6 is 0 Å². The van der Waals surface area contributed by atoms with Crippen LogP contribution in [0.5, 0.6) is 0 Å². The first-order chi connectivity index (χ1) is 18.5. The lowest BCUT2D eigenvalue weighted by Crippen LogP contribution is -2.43. The van der Waals surface area contributed by atoms with Crippen molar-refractivity contribution in [2.45, 2.75) is 64.1 Å². The highest BCUT2D eigenvalue weighted by molar-refractivity contribution is 5.89. The number of carbonyl (C=O) groups is 2. The second-order valence-electron chi connectivity index (χ2n) is 10.5. The Kier molecular flexibility index (Phi) is 8.33. The van der Waals surface area contributed by atoms with Gasteiger partial charge in [0.2, 0.25) is 5.91 Å². The van der Waals surface area contributed by atoms with Crippen molar-refractivity contribution in [2.24, 2.45) is 0 Å². The van der Waals surface area contributed by atoms with Gasteiger partial charge in [0.15, 0.2) is 17.7 Å². The number of nitrogens with one attached hydrogen (secondary N) is 2. The van der Waals surface area contributed by atoms with E-state index in [1.807, 2.05) is 24.3 Å². The Labute approximate surface area is 226 Å². The Hall–Kier alpha value is -3.81. The Bertz CT molecular complexity index is 1310. The van der Waals surface area contributed by atoms with Gasteiger partial charge >= 0.3 is 6.03 Å². The molecule has 3 heterocycles. The monoisotopic (exact) mass is 540 g/mol. The zero-order chi connectivity index (χ0) is 28.3. The van der Waals surface area contributed by atoms with Crippen LogP contribution in [0.25, 0.3) is 11.2 Å². The standard InChI is InChI=1S/C26H36N8O5/c1-5-33(18(35)10-11-28-25(38)32-16-8-6-15(7-9-16)26(2,3)4)12-17-20(36)21(37)24(39-17)34-14-31-19-22(27)29-13-30-23(19)34/h6-9,13-14,17,20-21,24,36-37H,5,10-12H2,1-4H3,(H2,27,29,30)(H2,28,32,38)/t17-,20+,21-,24-/m1/s1. The largest absolute Gasteiger partial charge is 0.387 e. The number of nitrogen functional groups attached to an aromatic ring is 1. The van der Waals surface area contributed by atoms with Gasteiger partial charge in [-0.15, -0.1) is 0 Å². The minimum absolute atomic E-state index is 0.0161. The molecule has 4 rings (SSSR count). The molecule has 1 saturated heterocycles. The number of aliphatic hydroxyl groups is 2. The first-order valence-electron chi connectivity index (χ1n) is 12.9. The van der Waals surface area contributed by atoms with Crippen LogP contribution in [0.2, 0.25) is 0 Å². The van der Waals surface area contributed by atoms with E-state index in [0.717, 1.165) is 5.56 Å². The summed E-state index contributed by atoms with van der Waals surface area (Å²) in [5.41, 5.74) is 8.38.